The van der Waals surface area contributed by atoms with Crippen molar-refractivity contribution in [1.29, 1.82) is 0 Å². The largest absolute Gasteiger partial charge is 0.493 e. The second-order valence-corrected chi connectivity index (χ2v) is 7.50. The van der Waals surface area contributed by atoms with Gasteiger partial charge in [0, 0.05) is 26.1 Å². The summed E-state index contributed by atoms with van der Waals surface area (Å²) in [5.41, 5.74) is 1.10. The van der Waals surface area contributed by atoms with Crippen molar-refractivity contribution in [3.63, 3.8) is 0 Å². The van der Waals surface area contributed by atoms with Gasteiger partial charge in [0.2, 0.25) is 5.91 Å². The molecule has 27 heavy (non-hydrogen) atoms. The molecule has 2 aliphatic rings. The predicted octanol–water partition coefficient (Wildman–Crippen LogP) is 2.88. The number of rotatable bonds is 7. The number of para-hydroxylation sites is 1. The molecule has 1 aromatic rings. The molecule has 1 aromatic carbocycles. The molecule has 2 aliphatic heterocycles. The molecule has 2 fully saturated rings. The highest BCUT2D eigenvalue weighted by atomic mass is 16.5. The van der Waals surface area contributed by atoms with E-state index in [9.17, 15) is 14.7 Å². The summed E-state index contributed by atoms with van der Waals surface area (Å²) in [4.78, 5) is 25.7. The van der Waals surface area contributed by atoms with E-state index in [-0.39, 0.29) is 17.9 Å². The smallest absolute Gasteiger partial charge is 0.309 e. The Kier molecular flexibility index (Phi) is 6.72. The van der Waals surface area contributed by atoms with Gasteiger partial charge >= 0.3 is 5.97 Å². The van der Waals surface area contributed by atoms with Crippen molar-refractivity contribution in [3.05, 3.63) is 29.8 Å². The summed E-state index contributed by atoms with van der Waals surface area (Å²) in [7, 11) is 0. The monoisotopic (exact) mass is 375 g/mol. The molecule has 3 rings (SSSR count). The Bertz CT molecular complexity index is 654. The number of aryl methyl sites for hydroxylation is 1. The van der Waals surface area contributed by atoms with Gasteiger partial charge in [-0.25, -0.2) is 0 Å². The number of amides is 1. The first-order chi connectivity index (χ1) is 13.1. The lowest BCUT2D eigenvalue weighted by Crippen LogP contribution is -2.43. The van der Waals surface area contributed by atoms with Crippen LogP contribution in [0, 0.1) is 18.8 Å². The van der Waals surface area contributed by atoms with Gasteiger partial charge in [0.15, 0.2) is 0 Å². The van der Waals surface area contributed by atoms with Crippen molar-refractivity contribution >= 4 is 11.9 Å². The number of hydrogen-bond donors (Lipinski definition) is 1. The summed E-state index contributed by atoms with van der Waals surface area (Å²) < 4.78 is 11.4. The first kappa shape index (κ1) is 19.7. The fraction of sp³-hybridized carbons (Fsp3) is 0.619. The molecule has 0 bridgehead atoms. The molecular formula is C21H29NO5. The molecule has 1 amide bonds. The number of likely N-dealkylation sites (tertiary alicyclic amines) is 1. The average Bonchev–Trinajstić information content (AvgIpc) is 3.17. The molecule has 1 unspecified atom stereocenters. The molecule has 0 saturated carbocycles. The molecule has 2 saturated heterocycles. The number of carboxylic acid groups (broad SMARTS) is 1. The minimum absolute atomic E-state index is 0.156. The van der Waals surface area contributed by atoms with E-state index in [1.807, 2.05) is 36.1 Å². The summed E-state index contributed by atoms with van der Waals surface area (Å²) in [6, 6.07) is 7.87. The highest BCUT2D eigenvalue weighted by Crippen LogP contribution is 2.33. The van der Waals surface area contributed by atoms with Gasteiger partial charge in [0.25, 0.3) is 0 Å². The quantitative estimate of drug-likeness (QED) is 0.742. The van der Waals surface area contributed by atoms with Gasteiger partial charge in [-0.3, -0.25) is 9.59 Å². The van der Waals surface area contributed by atoms with Gasteiger partial charge in [0.1, 0.15) is 5.75 Å². The maximum absolute atomic E-state index is 12.4. The van der Waals surface area contributed by atoms with Gasteiger partial charge < -0.3 is 19.5 Å². The van der Waals surface area contributed by atoms with Crippen molar-refractivity contribution in [2.45, 2.75) is 45.1 Å². The van der Waals surface area contributed by atoms with Gasteiger partial charge in [-0.15, -0.1) is 0 Å². The van der Waals surface area contributed by atoms with Crippen molar-refractivity contribution in [2.24, 2.45) is 11.8 Å². The summed E-state index contributed by atoms with van der Waals surface area (Å²) in [5.74, 6) is 0.113. The van der Waals surface area contributed by atoms with E-state index in [0.717, 1.165) is 24.2 Å². The van der Waals surface area contributed by atoms with Gasteiger partial charge in [-0.2, -0.15) is 0 Å². The first-order valence-electron chi connectivity index (χ1n) is 9.87. The van der Waals surface area contributed by atoms with Crippen LogP contribution in [0.2, 0.25) is 0 Å². The molecular weight excluding hydrogens is 346 g/mol. The van der Waals surface area contributed by atoms with Crippen LogP contribution in [0.4, 0.5) is 0 Å². The van der Waals surface area contributed by atoms with Crippen molar-refractivity contribution in [1.82, 2.24) is 4.90 Å². The predicted molar refractivity (Wildman–Crippen MR) is 101 cm³/mol. The van der Waals surface area contributed by atoms with Crippen LogP contribution in [-0.2, 0) is 14.3 Å². The van der Waals surface area contributed by atoms with Gasteiger partial charge in [0.05, 0.1) is 18.6 Å². The normalized spacial score (nSPS) is 23.4. The zero-order chi connectivity index (χ0) is 19.2. The lowest BCUT2D eigenvalue weighted by molar-refractivity contribution is -0.146. The standard InChI is InChI=1S/C21H29NO5/c1-15-5-2-3-6-18(15)26-13-4-7-19(23)22-11-8-16(9-12-22)20-17(21(24)25)10-14-27-20/h2-3,5-6,16-17,20H,4,7-14H2,1H3,(H,24,25)/t17?,20-/m0/s1. The molecule has 6 heteroatoms. The van der Waals surface area contributed by atoms with Crippen LogP contribution < -0.4 is 4.74 Å². The lowest BCUT2D eigenvalue weighted by atomic mass is 9.84. The van der Waals surface area contributed by atoms with E-state index >= 15 is 0 Å². The summed E-state index contributed by atoms with van der Waals surface area (Å²) in [6.07, 6.45) is 3.22. The Balaban J connectivity index is 1.37. The van der Waals surface area contributed by atoms with E-state index in [2.05, 4.69) is 0 Å². The zero-order valence-corrected chi connectivity index (χ0v) is 15.9. The van der Waals surface area contributed by atoms with Crippen molar-refractivity contribution < 1.29 is 24.2 Å². The molecule has 1 N–H and O–H groups in total. The van der Waals surface area contributed by atoms with E-state index in [0.29, 0.717) is 45.6 Å². The number of hydrogen-bond acceptors (Lipinski definition) is 4. The second-order valence-electron chi connectivity index (χ2n) is 7.50. The van der Waals surface area contributed by atoms with Crippen LogP contribution >= 0.6 is 0 Å². The maximum atomic E-state index is 12.4. The Labute approximate surface area is 160 Å². The fourth-order valence-corrected chi connectivity index (χ4v) is 4.10. The third-order valence-corrected chi connectivity index (χ3v) is 5.70. The maximum Gasteiger partial charge on any atom is 0.309 e. The van der Waals surface area contributed by atoms with Crippen LogP contribution in [0.5, 0.6) is 5.75 Å². The number of carbonyl (C=O) groups excluding carboxylic acids is 1. The molecule has 0 aliphatic carbocycles. The number of nitrogens with zero attached hydrogens (tertiary/aromatic N) is 1. The third-order valence-electron chi connectivity index (χ3n) is 5.70. The zero-order valence-electron chi connectivity index (χ0n) is 15.9. The third kappa shape index (κ3) is 5.01. The summed E-state index contributed by atoms with van der Waals surface area (Å²) in [5, 5.41) is 9.32. The molecule has 148 valence electrons. The number of aliphatic carboxylic acids is 1. The van der Waals surface area contributed by atoms with Crippen LogP contribution in [0.1, 0.15) is 37.7 Å². The number of benzene rings is 1. The molecule has 2 heterocycles. The summed E-state index contributed by atoms with van der Waals surface area (Å²) in [6.45, 7) is 4.45. The Morgan fingerprint density at radius 2 is 1.96 bits per heavy atom. The highest BCUT2D eigenvalue weighted by molar-refractivity contribution is 5.76. The molecule has 0 radical (unpaired) electrons. The van der Waals surface area contributed by atoms with Crippen LogP contribution in [0.3, 0.4) is 0 Å². The molecule has 0 spiro atoms. The molecule has 0 aromatic heterocycles. The van der Waals surface area contributed by atoms with E-state index < -0.39 is 11.9 Å². The number of carbonyl (C=O) groups is 2. The van der Waals surface area contributed by atoms with Crippen molar-refractivity contribution in [3.8, 4) is 5.75 Å². The number of piperidine rings is 1. The van der Waals surface area contributed by atoms with Crippen molar-refractivity contribution in [2.75, 3.05) is 26.3 Å². The number of ether oxygens (including phenoxy) is 2. The van der Waals surface area contributed by atoms with Gasteiger partial charge in [-0.05, 0) is 50.2 Å². The van der Waals surface area contributed by atoms with E-state index in [4.69, 9.17) is 9.47 Å². The molecule has 2 atom stereocenters. The van der Waals surface area contributed by atoms with Crippen LogP contribution in [0.15, 0.2) is 24.3 Å². The summed E-state index contributed by atoms with van der Waals surface area (Å²) >= 11 is 0. The molecule has 6 nitrogen and oxygen atoms in total. The second kappa shape index (κ2) is 9.22. The van der Waals surface area contributed by atoms with E-state index in [1.54, 1.807) is 0 Å². The van der Waals surface area contributed by atoms with E-state index in [1.165, 1.54) is 0 Å². The Morgan fingerprint density at radius 3 is 2.67 bits per heavy atom. The SMILES string of the molecule is Cc1ccccc1OCCCC(=O)N1CCC([C@@H]2OCCC2C(=O)O)CC1. The van der Waals surface area contributed by atoms with Crippen LogP contribution in [-0.4, -0.2) is 54.3 Å². The Hall–Kier alpha value is -2.08. The minimum Gasteiger partial charge on any atom is -0.493 e. The van der Waals surface area contributed by atoms with Gasteiger partial charge in [-0.1, -0.05) is 18.2 Å². The fourth-order valence-electron chi connectivity index (χ4n) is 4.10. The van der Waals surface area contributed by atoms with Crippen LogP contribution in [0.25, 0.3) is 0 Å². The Morgan fingerprint density at radius 1 is 1.22 bits per heavy atom. The minimum atomic E-state index is -0.760. The lowest BCUT2D eigenvalue weighted by Gasteiger charge is -2.35. The highest BCUT2D eigenvalue weighted by Gasteiger charge is 2.40. The first-order valence-corrected chi connectivity index (χ1v) is 9.87. The number of carboxylic acids is 1. The topological polar surface area (TPSA) is 76.1 Å². The average molecular weight is 375 g/mol.